The van der Waals surface area contributed by atoms with Crippen molar-refractivity contribution in [3.8, 4) is 22.9 Å². The molecule has 18 heavy (non-hydrogen) atoms. The monoisotopic (exact) mass is 242 g/mol. The van der Waals surface area contributed by atoms with Gasteiger partial charge in [0, 0.05) is 12.4 Å². The summed E-state index contributed by atoms with van der Waals surface area (Å²) in [5.41, 5.74) is 1.46. The molecule has 4 heteroatoms. The maximum absolute atomic E-state index is 5.88. The Hall–Kier alpha value is -2.10. The molecule has 2 aromatic rings. The minimum atomic E-state index is -0.0405. The molecular formula is C14H14N2O2. The minimum Gasteiger partial charge on any atom is -0.485 e. The van der Waals surface area contributed by atoms with E-state index in [0.29, 0.717) is 0 Å². The van der Waals surface area contributed by atoms with Gasteiger partial charge >= 0.3 is 0 Å². The first-order valence-electron chi connectivity index (χ1n) is 5.99. The van der Waals surface area contributed by atoms with Gasteiger partial charge in [-0.25, -0.2) is 0 Å². The molecule has 0 N–H and O–H groups in total. The lowest BCUT2D eigenvalue weighted by molar-refractivity contribution is 0.0754. The molecule has 2 atom stereocenters. The van der Waals surface area contributed by atoms with Crippen LogP contribution in [0.4, 0.5) is 0 Å². The van der Waals surface area contributed by atoms with E-state index in [1.165, 1.54) is 0 Å². The molecule has 0 aromatic carbocycles. The predicted molar refractivity (Wildman–Crippen MR) is 67.6 cm³/mol. The van der Waals surface area contributed by atoms with Crippen molar-refractivity contribution in [3.63, 3.8) is 0 Å². The van der Waals surface area contributed by atoms with Gasteiger partial charge in [0.05, 0.1) is 0 Å². The van der Waals surface area contributed by atoms with E-state index in [4.69, 9.17) is 9.47 Å². The first-order chi connectivity index (χ1) is 8.75. The highest BCUT2D eigenvalue weighted by atomic mass is 16.5. The zero-order chi connectivity index (χ0) is 12.5. The van der Waals surface area contributed by atoms with E-state index in [2.05, 4.69) is 9.97 Å². The van der Waals surface area contributed by atoms with Gasteiger partial charge in [0.25, 0.3) is 0 Å². The van der Waals surface area contributed by atoms with Gasteiger partial charge < -0.3 is 9.47 Å². The Morgan fingerprint density at radius 1 is 0.833 bits per heavy atom. The maximum Gasteiger partial charge on any atom is 0.147 e. The molecule has 0 aliphatic carbocycles. The van der Waals surface area contributed by atoms with E-state index in [1.807, 2.05) is 38.1 Å². The second-order valence-electron chi connectivity index (χ2n) is 4.35. The normalized spacial score (nSPS) is 21.7. The van der Waals surface area contributed by atoms with Gasteiger partial charge in [-0.2, -0.15) is 0 Å². The van der Waals surface area contributed by atoms with Crippen LogP contribution in [0.2, 0.25) is 0 Å². The Morgan fingerprint density at radius 3 is 1.72 bits per heavy atom. The first-order valence-corrected chi connectivity index (χ1v) is 5.99. The number of aromatic nitrogens is 2. The number of fused-ring (bicyclic) bond motifs is 3. The van der Waals surface area contributed by atoms with Gasteiger partial charge in [0.15, 0.2) is 0 Å². The van der Waals surface area contributed by atoms with Crippen molar-refractivity contribution >= 4 is 0 Å². The van der Waals surface area contributed by atoms with E-state index in [0.717, 1.165) is 22.9 Å². The zero-order valence-corrected chi connectivity index (χ0v) is 10.3. The van der Waals surface area contributed by atoms with Crippen LogP contribution in [0.25, 0.3) is 11.4 Å². The average Bonchev–Trinajstić information content (AvgIpc) is 2.39. The van der Waals surface area contributed by atoms with Crippen LogP contribution in [0.15, 0.2) is 36.7 Å². The summed E-state index contributed by atoms with van der Waals surface area (Å²) >= 11 is 0. The van der Waals surface area contributed by atoms with Crippen LogP contribution in [0.3, 0.4) is 0 Å². The van der Waals surface area contributed by atoms with E-state index in [1.54, 1.807) is 12.4 Å². The molecule has 0 radical (unpaired) electrons. The smallest absolute Gasteiger partial charge is 0.147 e. The third kappa shape index (κ3) is 1.79. The Morgan fingerprint density at radius 2 is 1.28 bits per heavy atom. The van der Waals surface area contributed by atoms with Crippen molar-refractivity contribution in [1.82, 2.24) is 9.97 Å². The Labute approximate surface area is 106 Å². The molecule has 92 valence electrons. The lowest BCUT2D eigenvalue weighted by Crippen LogP contribution is -2.32. The van der Waals surface area contributed by atoms with Crippen molar-refractivity contribution in [2.45, 2.75) is 26.1 Å². The Bertz CT molecular complexity index is 520. The lowest BCUT2D eigenvalue weighted by Gasteiger charge is -2.27. The average molecular weight is 242 g/mol. The molecular weight excluding hydrogens is 228 g/mol. The van der Waals surface area contributed by atoms with E-state index in [-0.39, 0.29) is 12.2 Å². The van der Waals surface area contributed by atoms with Gasteiger partial charge in [0.2, 0.25) is 0 Å². The highest BCUT2D eigenvalue weighted by molar-refractivity contribution is 5.68. The summed E-state index contributed by atoms with van der Waals surface area (Å²) in [6.07, 6.45) is 3.38. The number of nitrogens with zero attached hydrogens (tertiary/aromatic N) is 2. The largest absolute Gasteiger partial charge is 0.485 e. The molecule has 0 saturated carbocycles. The molecule has 0 unspecified atom stereocenters. The van der Waals surface area contributed by atoms with Crippen molar-refractivity contribution in [1.29, 1.82) is 0 Å². The number of ether oxygens (including phenoxy) is 2. The fraction of sp³-hybridized carbons (Fsp3) is 0.286. The number of hydrogen-bond acceptors (Lipinski definition) is 4. The van der Waals surface area contributed by atoms with Crippen molar-refractivity contribution in [2.24, 2.45) is 0 Å². The van der Waals surface area contributed by atoms with E-state index in [9.17, 15) is 0 Å². The fourth-order valence-corrected chi connectivity index (χ4v) is 1.92. The van der Waals surface area contributed by atoms with Gasteiger partial charge in [-0.15, -0.1) is 0 Å². The highest BCUT2D eigenvalue weighted by Crippen LogP contribution is 2.35. The lowest BCUT2D eigenvalue weighted by atomic mass is 10.1. The molecule has 3 heterocycles. The van der Waals surface area contributed by atoms with Gasteiger partial charge in [-0.3, -0.25) is 9.97 Å². The zero-order valence-electron chi connectivity index (χ0n) is 10.3. The van der Waals surface area contributed by atoms with Gasteiger partial charge in [-0.05, 0) is 38.1 Å². The number of hydrogen-bond donors (Lipinski definition) is 0. The quantitative estimate of drug-likeness (QED) is 0.712. The summed E-state index contributed by atoms with van der Waals surface area (Å²) in [5, 5.41) is 0. The van der Waals surface area contributed by atoms with Crippen LogP contribution in [0.1, 0.15) is 13.8 Å². The molecule has 0 bridgehead atoms. The van der Waals surface area contributed by atoms with E-state index < -0.39 is 0 Å². The summed E-state index contributed by atoms with van der Waals surface area (Å²) in [4.78, 5) is 8.71. The van der Waals surface area contributed by atoms with Gasteiger partial charge in [0.1, 0.15) is 35.1 Å². The molecule has 4 nitrogen and oxygen atoms in total. The molecule has 1 aliphatic heterocycles. The standard InChI is InChI=1S/C14H14N2O2/c1-9-10(2)18-12-6-4-8-16-14(12)13-11(17-9)5-3-7-15-13/h3-10H,1-2H3/t9-,10-/m0/s1. The van der Waals surface area contributed by atoms with Crippen molar-refractivity contribution < 1.29 is 9.47 Å². The highest BCUT2D eigenvalue weighted by Gasteiger charge is 2.24. The molecule has 0 saturated heterocycles. The predicted octanol–water partition coefficient (Wildman–Crippen LogP) is 2.69. The Kier molecular flexibility index (Phi) is 2.63. The number of pyridine rings is 2. The van der Waals surface area contributed by atoms with Crippen LogP contribution in [0.5, 0.6) is 11.5 Å². The second kappa shape index (κ2) is 4.29. The topological polar surface area (TPSA) is 44.2 Å². The summed E-state index contributed by atoms with van der Waals surface area (Å²) in [6.45, 7) is 3.98. The van der Waals surface area contributed by atoms with E-state index >= 15 is 0 Å². The summed E-state index contributed by atoms with van der Waals surface area (Å²) < 4.78 is 11.8. The molecule has 2 aromatic heterocycles. The van der Waals surface area contributed by atoms with Gasteiger partial charge in [-0.1, -0.05) is 0 Å². The maximum atomic E-state index is 5.88. The molecule has 0 fully saturated rings. The van der Waals surface area contributed by atoms with Crippen LogP contribution in [-0.2, 0) is 0 Å². The summed E-state index contributed by atoms with van der Waals surface area (Å²) in [5.74, 6) is 1.50. The van der Waals surface area contributed by atoms with Crippen molar-refractivity contribution in [3.05, 3.63) is 36.7 Å². The van der Waals surface area contributed by atoms with Crippen molar-refractivity contribution in [2.75, 3.05) is 0 Å². The minimum absolute atomic E-state index is 0.0405. The van der Waals surface area contributed by atoms with Crippen LogP contribution in [-0.4, -0.2) is 22.2 Å². The summed E-state index contributed by atoms with van der Waals surface area (Å²) in [7, 11) is 0. The fourth-order valence-electron chi connectivity index (χ4n) is 1.92. The SMILES string of the molecule is C[C@@H]1Oc2cccnc2-c2ncccc2O[C@H]1C. The molecule has 1 aliphatic rings. The summed E-state index contributed by atoms with van der Waals surface area (Å²) in [6, 6.07) is 7.55. The second-order valence-corrected chi connectivity index (χ2v) is 4.35. The Balaban J connectivity index is 2.21. The van der Waals surface area contributed by atoms with Crippen LogP contribution >= 0.6 is 0 Å². The van der Waals surface area contributed by atoms with Crippen LogP contribution < -0.4 is 9.47 Å². The first kappa shape index (κ1) is 11.0. The number of rotatable bonds is 0. The molecule has 0 amide bonds. The van der Waals surface area contributed by atoms with Crippen LogP contribution in [0, 0.1) is 0 Å². The third-order valence-corrected chi connectivity index (χ3v) is 3.05. The molecule has 0 spiro atoms. The third-order valence-electron chi connectivity index (χ3n) is 3.05. The molecule has 3 rings (SSSR count).